The van der Waals surface area contributed by atoms with Crippen LogP contribution in [0, 0.1) is 0 Å². The average Bonchev–Trinajstić information content (AvgIpc) is 2.78. The third kappa shape index (κ3) is 5.79. The molecule has 1 fully saturated rings. The maximum atomic E-state index is 12.5. The van der Waals surface area contributed by atoms with Crippen LogP contribution < -0.4 is 9.64 Å². The van der Waals surface area contributed by atoms with Gasteiger partial charge in [-0.3, -0.25) is 4.79 Å². The van der Waals surface area contributed by atoms with Crippen molar-refractivity contribution < 1.29 is 29.1 Å². The zero-order chi connectivity index (χ0) is 20.6. The van der Waals surface area contributed by atoms with Crippen LogP contribution in [-0.4, -0.2) is 74.4 Å². The summed E-state index contributed by atoms with van der Waals surface area (Å²) in [6, 6.07) is 15.9. The van der Waals surface area contributed by atoms with Crippen LogP contribution in [0.15, 0.2) is 54.6 Å². The molecular formula is C22H27N2O5+. The summed E-state index contributed by atoms with van der Waals surface area (Å²) in [5.74, 6) is 0.249. The van der Waals surface area contributed by atoms with Crippen LogP contribution in [0.2, 0.25) is 0 Å². The van der Waals surface area contributed by atoms with E-state index in [1.54, 1.807) is 24.3 Å². The molecule has 1 heterocycles. The van der Waals surface area contributed by atoms with Crippen molar-refractivity contribution in [1.82, 2.24) is 4.90 Å². The third-order valence-electron chi connectivity index (χ3n) is 5.02. The number of carbonyl (C=O) groups is 2. The van der Waals surface area contributed by atoms with E-state index >= 15 is 0 Å². The van der Waals surface area contributed by atoms with E-state index in [0.717, 1.165) is 13.1 Å². The second kappa shape index (κ2) is 10.0. The molecule has 1 amide bonds. The molecule has 3 rings (SSSR count). The first-order valence-corrected chi connectivity index (χ1v) is 9.74. The lowest BCUT2D eigenvalue weighted by atomic mass is 10.2. The van der Waals surface area contributed by atoms with Gasteiger partial charge in [-0.25, -0.2) is 4.79 Å². The number of piperazine rings is 1. The number of benzene rings is 2. The fraction of sp³-hybridized carbons (Fsp3) is 0.364. The van der Waals surface area contributed by atoms with Crippen molar-refractivity contribution in [3.8, 4) is 5.75 Å². The Bertz CT molecular complexity index is 802. The van der Waals surface area contributed by atoms with Gasteiger partial charge in [-0.05, 0) is 36.4 Å². The second-order valence-corrected chi connectivity index (χ2v) is 7.09. The Morgan fingerprint density at radius 3 is 2.31 bits per heavy atom. The van der Waals surface area contributed by atoms with E-state index in [2.05, 4.69) is 4.74 Å². The number of nitrogens with one attached hydrogen (secondary N) is 1. The van der Waals surface area contributed by atoms with Crippen LogP contribution in [0.5, 0.6) is 5.75 Å². The molecule has 154 valence electrons. The predicted molar refractivity (Wildman–Crippen MR) is 107 cm³/mol. The van der Waals surface area contributed by atoms with Crippen molar-refractivity contribution in [1.29, 1.82) is 0 Å². The van der Waals surface area contributed by atoms with Gasteiger partial charge in [0.15, 0.2) is 0 Å². The van der Waals surface area contributed by atoms with Gasteiger partial charge in [0.1, 0.15) is 25.0 Å². The number of hydrogen-bond acceptors (Lipinski definition) is 5. The SMILES string of the molecule is COC(=O)c1ccc(OC[C@H](O)C[NH+]2CCN(C(=O)c3ccccc3)CC2)cc1. The second-order valence-electron chi connectivity index (χ2n) is 7.09. The number of nitrogens with zero attached hydrogens (tertiary/aromatic N) is 1. The summed E-state index contributed by atoms with van der Waals surface area (Å²) in [7, 11) is 1.34. The Hall–Kier alpha value is -2.90. The Kier molecular flexibility index (Phi) is 7.21. The molecule has 0 aromatic heterocycles. The fourth-order valence-electron chi connectivity index (χ4n) is 3.38. The lowest BCUT2D eigenvalue weighted by Crippen LogP contribution is -3.16. The third-order valence-corrected chi connectivity index (χ3v) is 5.02. The Morgan fingerprint density at radius 2 is 1.69 bits per heavy atom. The topological polar surface area (TPSA) is 80.5 Å². The van der Waals surface area contributed by atoms with Crippen LogP contribution >= 0.6 is 0 Å². The molecule has 1 atom stereocenters. The van der Waals surface area contributed by atoms with Gasteiger partial charge in [0.25, 0.3) is 5.91 Å². The molecule has 2 aromatic carbocycles. The number of methoxy groups -OCH3 is 1. The minimum absolute atomic E-state index is 0.0592. The van der Waals surface area contributed by atoms with Gasteiger partial charge >= 0.3 is 5.97 Å². The summed E-state index contributed by atoms with van der Waals surface area (Å²) in [6.45, 7) is 3.67. The van der Waals surface area contributed by atoms with Crippen molar-refractivity contribution in [3.05, 3.63) is 65.7 Å². The molecule has 2 aromatic rings. The summed E-state index contributed by atoms with van der Waals surface area (Å²) in [4.78, 5) is 27.0. The minimum Gasteiger partial charge on any atom is -0.491 e. The van der Waals surface area contributed by atoms with E-state index in [1.165, 1.54) is 12.0 Å². The molecule has 7 nitrogen and oxygen atoms in total. The molecule has 0 aliphatic carbocycles. The van der Waals surface area contributed by atoms with E-state index in [-0.39, 0.29) is 12.5 Å². The van der Waals surface area contributed by atoms with E-state index < -0.39 is 12.1 Å². The smallest absolute Gasteiger partial charge is 0.337 e. The molecule has 0 unspecified atom stereocenters. The highest BCUT2D eigenvalue weighted by Crippen LogP contribution is 2.13. The lowest BCUT2D eigenvalue weighted by Gasteiger charge is -2.33. The van der Waals surface area contributed by atoms with Crippen LogP contribution in [0.25, 0.3) is 0 Å². The van der Waals surface area contributed by atoms with Gasteiger partial charge in [0.2, 0.25) is 0 Å². The number of amides is 1. The first kappa shape index (κ1) is 20.8. The van der Waals surface area contributed by atoms with Gasteiger partial charge in [-0.2, -0.15) is 0 Å². The molecular weight excluding hydrogens is 372 g/mol. The number of ether oxygens (including phenoxy) is 2. The molecule has 29 heavy (non-hydrogen) atoms. The van der Waals surface area contributed by atoms with E-state index in [1.807, 2.05) is 35.2 Å². The van der Waals surface area contributed by atoms with Gasteiger partial charge in [0.05, 0.1) is 38.9 Å². The largest absolute Gasteiger partial charge is 0.491 e. The molecule has 7 heteroatoms. The molecule has 1 aliphatic rings. The maximum Gasteiger partial charge on any atom is 0.337 e. The zero-order valence-electron chi connectivity index (χ0n) is 16.5. The number of quaternary nitrogens is 1. The quantitative estimate of drug-likeness (QED) is 0.653. The van der Waals surface area contributed by atoms with Gasteiger partial charge < -0.3 is 24.4 Å². The fourth-order valence-corrected chi connectivity index (χ4v) is 3.38. The number of esters is 1. The summed E-state index contributed by atoms with van der Waals surface area (Å²) in [5.41, 5.74) is 1.16. The van der Waals surface area contributed by atoms with Crippen molar-refractivity contribution in [2.24, 2.45) is 0 Å². The molecule has 2 N–H and O–H groups in total. The Balaban J connectivity index is 1.40. The van der Waals surface area contributed by atoms with E-state index in [4.69, 9.17) is 4.74 Å². The highest BCUT2D eigenvalue weighted by molar-refractivity contribution is 5.94. The van der Waals surface area contributed by atoms with E-state index in [9.17, 15) is 14.7 Å². The van der Waals surface area contributed by atoms with Crippen LogP contribution in [0.3, 0.4) is 0 Å². The van der Waals surface area contributed by atoms with Gasteiger partial charge in [0, 0.05) is 5.56 Å². The summed E-state index contributed by atoms with van der Waals surface area (Å²) in [5, 5.41) is 10.3. The number of hydrogen-bond donors (Lipinski definition) is 2. The van der Waals surface area contributed by atoms with Gasteiger partial charge in [-0.1, -0.05) is 18.2 Å². The predicted octanol–water partition coefficient (Wildman–Crippen LogP) is 0.254. The van der Waals surface area contributed by atoms with Crippen molar-refractivity contribution >= 4 is 11.9 Å². The van der Waals surface area contributed by atoms with Crippen LogP contribution in [-0.2, 0) is 4.74 Å². The highest BCUT2D eigenvalue weighted by atomic mass is 16.5. The monoisotopic (exact) mass is 399 g/mol. The molecule has 0 spiro atoms. The molecule has 1 aliphatic heterocycles. The highest BCUT2D eigenvalue weighted by Gasteiger charge is 2.26. The van der Waals surface area contributed by atoms with Crippen LogP contribution in [0.1, 0.15) is 20.7 Å². The Labute approximate surface area is 170 Å². The number of carbonyl (C=O) groups excluding carboxylic acids is 2. The summed E-state index contributed by atoms with van der Waals surface area (Å²) >= 11 is 0. The zero-order valence-corrected chi connectivity index (χ0v) is 16.5. The maximum absolute atomic E-state index is 12.5. The summed E-state index contributed by atoms with van der Waals surface area (Å²) in [6.07, 6.45) is -0.610. The van der Waals surface area contributed by atoms with Crippen molar-refractivity contribution in [3.63, 3.8) is 0 Å². The van der Waals surface area contributed by atoms with Crippen molar-refractivity contribution in [2.75, 3.05) is 46.4 Å². The first-order chi connectivity index (χ1) is 14.1. The first-order valence-electron chi connectivity index (χ1n) is 9.74. The normalized spacial score (nSPS) is 15.6. The Morgan fingerprint density at radius 1 is 1.03 bits per heavy atom. The average molecular weight is 399 g/mol. The molecule has 0 saturated carbocycles. The molecule has 1 saturated heterocycles. The minimum atomic E-state index is -0.610. The number of aliphatic hydroxyl groups excluding tert-OH is 1. The van der Waals surface area contributed by atoms with Crippen molar-refractivity contribution in [2.45, 2.75) is 6.10 Å². The summed E-state index contributed by atoms with van der Waals surface area (Å²) < 4.78 is 10.3. The van der Waals surface area contributed by atoms with Crippen LogP contribution in [0.4, 0.5) is 0 Å². The molecule has 0 radical (unpaired) electrons. The lowest BCUT2D eigenvalue weighted by molar-refractivity contribution is -0.907. The van der Waals surface area contributed by atoms with Gasteiger partial charge in [-0.15, -0.1) is 0 Å². The molecule has 0 bridgehead atoms. The number of aliphatic hydroxyl groups is 1. The standard InChI is InChI=1S/C22H26N2O5/c1-28-22(27)18-7-9-20(10-8-18)29-16-19(25)15-23-11-13-24(14-12-23)21(26)17-5-3-2-4-6-17/h2-10,19,25H,11-16H2,1H3/p+1/t19-/m1/s1. The van der Waals surface area contributed by atoms with E-state index in [0.29, 0.717) is 36.5 Å². The number of rotatable bonds is 7.